The quantitative estimate of drug-likeness (QED) is 0.851. The molecule has 0 unspecified atom stereocenters. The third-order valence-electron chi connectivity index (χ3n) is 3.14. The predicted octanol–water partition coefficient (Wildman–Crippen LogP) is 2.82. The second kappa shape index (κ2) is 4.09. The van der Waals surface area contributed by atoms with E-state index in [1.54, 1.807) is 6.20 Å². The van der Waals surface area contributed by atoms with E-state index in [4.69, 9.17) is 0 Å². The standard InChI is InChI=1S/C14H15N3/c1-17-9-7-11-10-12(5-6-13(11)17)16-14-4-2-3-8-15-14/h2-6,8,10H,7,9H2,1H3,(H,15,16). The van der Waals surface area contributed by atoms with Crippen LogP contribution in [-0.2, 0) is 6.42 Å². The summed E-state index contributed by atoms with van der Waals surface area (Å²) in [5, 5.41) is 3.32. The SMILES string of the molecule is CN1CCc2cc(Nc3ccccn3)ccc21. The lowest BCUT2D eigenvalue weighted by Gasteiger charge is -2.12. The molecule has 0 fully saturated rings. The lowest BCUT2D eigenvalue weighted by molar-refractivity contribution is 0.956. The number of nitrogens with zero attached hydrogens (tertiary/aromatic N) is 2. The zero-order valence-corrected chi connectivity index (χ0v) is 9.85. The van der Waals surface area contributed by atoms with Crippen molar-refractivity contribution in [1.29, 1.82) is 0 Å². The minimum Gasteiger partial charge on any atom is -0.374 e. The summed E-state index contributed by atoms with van der Waals surface area (Å²) < 4.78 is 0. The lowest BCUT2D eigenvalue weighted by atomic mass is 10.1. The first-order valence-electron chi connectivity index (χ1n) is 5.85. The molecule has 17 heavy (non-hydrogen) atoms. The normalized spacial score (nSPS) is 13.6. The molecule has 0 radical (unpaired) electrons. The van der Waals surface area contributed by atoms with Gasteiger partial charge in [-0.05, 0) is 42.3 Å². The number of pyridine rings is 1. The molecule has 0 spiro atoms. The lowest BCUT2D eigenvalue weighted by Crippen LogP contribution is -2.12. The summed E-state index contributed by atoms with van der Waals surface area (Å²) in [6, 6.07) is 12.4. The van der Waals surface area contributed by atoms with Crippen LogP contribution in [0.1, 0.15) is 5.56 Å². The highest BCUT2D eigenvalue weighted by molar-refractivity contribution is 5.66. The average Bonchev–Trinajstić information content (AvgIpc) is 2.72. The highest BCUT2D eigenvalue weighted by Gasteiger charge is 2.15. The van der Waals surface area contributed by atoms with Gasteiger partial charge in [-0.1, -0.05) is 6.07 Å². The Bertz CT molecular complexity index is 522. The third-order valence-corrected chi connectivity index (χ3v) is 3.14. The van der Waals surface area contributed by atoms with Gasteiger partial charge in [0.05, 0.1) is 0 Å². The minimum atomic E-state index is 0.888. The molecule has 0 amide bonds. The Morgan fingerprint density at radius 3 is 3.00 bits per heavy atom. The molecule has 0 bridgehead atoms. The fraction of sp³-hybridized carbons (Fsp3) is 0.214. The van der Waals surface area contributed by atoms with Crippen LogP contribution >= 0.6 is 0 Å². The van der Waals surface area contributed by atoms with Crippen molar-refractivity contribution in [3.8, 4) is 0 Å². The number of nitrogens with one attached hydrogen (secondary N) is 1. The molecule has 0 atom stereocenters. The zero-order valence-electron chi connectivity index (χ0n) is 9.85. The molecule has 86 valence electrons. The van der Waals surface area contributed by atoms with Crippen LogP contribution in [0.15, 0.2) is 42.6 Å². The first-order chi connectivity index (χ1) is 8.33. The van der Waals surface area contributed by atoms with Crippen LogP contribution in [0.25, 0.3) is 0 Å². The predicted molar refractivity (Wildman–Crippen MR) is 70.9 cm³/mol. The summed E-state index contributed by atoms with van der Waals surface area (Å²) in [7, 11) is 2.14. The molecule has 3 rings (SSSR count). The van der Waals surface area contributed by atoms with Crippen molar-refractivity contribution in [2.75, 3.05) is 23.8 Å². The smallest absolute Gasteiger partial charge is 0.130 e. The van der Waals surface area contributed by atoms with Gasteiger partial charge in [-0.25, -0.2) is 4.98 Å². The van der Waals surface area contributed by atoms with Crippen LogP contribution in [0.4, 0.5) is 17.2 Å². The van der Waals surface area contributed by atoms with Crippen LogP contribution in [0, 0.1) is 0 Å². The van der Waals surface area contributed by atoms with Crippen LogP contribution in [0.5, 0.6) is 0 Å². The van der Waals surface area contributed by atoms with E-state index in [1.807, 2.05) is 18.2 Å². The Kier molecular flexibility index (Phi) is 2.44. The molecule has 3 heteroatoms. The largest absolute Gasteiger partial charge is 0.374 e. The summed E-state index contributed by atoms with van der Waals surface area (Å²) in [4.78, 5) is 6.55. The molecule has 1 aliphatic heterocycles. The number of aromatic nitrogens is 1. The van der Waals surface area contributed by atoms with E-state index < -0.39 is 0 Å². The van der Waals surface area contributed by atoms with Gasteiger partial charge < -0.3 is 10.2 Å². The van der Waals surface area contributed by atoms with Gasteiger partial charge in [-0.15, -0.1) is 0 Å². The van der Waals surface area contributed by atoms with E-state index in [2.05, 4.69) is 40.4 Å². The molecule has 1 aromatic heterocycles. The monoisotopic (exact) mass is 225 g/mol. The van der Waals surface area contributed by atoms with Crippen molar-refractivity contribution < 1.29 is 0 Å². The number of benzene rings is 1. The van der Waals surface area contributed by atoms with Gasteiger partial charge in [0.25, 0.3) is 0 Å². The van der Waals surface area contributed by atoms with Crippen molar-refractivity contribution >= 4 is 17.2 Å². The highest BCUT2D eigenvalue weighted by Crippen LogP contribution is 2.29. The third kappa shape index (κ3) is 1.96. The first-order valence-corrected chi connectivity index (χ1v) is 5.85. The molecule has 0 saturated carbocycles. The van der Waals surface area contributed by atoms with Crippen LogP contribution < -0.4 is 10.2 Å². The van der Waals surface area contributed by atoms with E-state index in [0.29, 0.717) is 0 Å². The van der Waals surface area contributed by atoms with Crippen molar-refractivity contribution in [2.45, 2.75) is 6.42 Å². The van der Waals surface area contributed by atoms with Crippen molar-refractivity contribution in [2.24, 2.45) is 0 Å². The molecule has 1 aromatic carbocycles. The Morgan fingerprint density at radius 2 is 2.18 bits per heavy atom. The molecule has 2 heterocycles. The van der Waals surface area contributed by atoms with Crippen LogP contribution in [-0.4, -0.2) is 18.6 Å². The van der Waals surface area contributed by atoms with Gasteiger partial charge in [0.1, 0.15) is 5.82 Å². The van der Waals surface area contributed by atoms with Gasteiger partial charge in [0.15, 0.2) is 0 Å². The zero-order chi connectivity index (χ0) is 11.7. The molecule has 0 aliphatic carbocycles. The van der Waals surface area contributed by atoms with Gasteiger partial charge >= 0.3 is 0 Å². The first kappa shape index (κ1) is 10.1. The summed E-state index contributed by atoms with van der Waals surface area (Å²) in [5.74, 6) is 0.888. The summed E-state index contributed by atoms with van der Waals surface area (Å²) in [6.07, 6.45) is 2.92. The molecule has 1 aliphatic rings. The fourth-order valence-corrected chi connectivity index (χ4v) is 2.23. The Morgan fingerprint density at radius 1 is 1.24 bits per heavy atom. The maximum Gasteiger partial charge on any atom is 0.130 e. The highest BCUT2D eigenvalue weighted by atomic mass is 15.1. The van der Waals surface area contributed by atoms with Gasteiger partial charge in [0, 0.05) is 31.2 Å². The average molecular weight is 225 g/mol. The number of likely N-dealkylation sites (N-methyl/N-ethyl adjacent to an activating group) is 1. The fourth-order valence-electron chi connectivity index (χ4n) is 2.23. The maximum atomic E-state index is 4.26. The number of anilines is 3. The molecule has 0 saturated heterocycles. The van der Waals surface area contributed by atoms with Crippen molar-refractivity contribution in [3.05, 3.63) is 48.2 Å². The molecule has 3 nitrogen and oxygen atoms in total. The van der Waals surface area contributed by atoms with Crippen molar-refractivity contribution in [1.82, 2.24) is 4.98 Å². The number of fused-ring (bicyclic) bond motifs is 1. The van der Waals surface area contributed by atoms with E-state index in [0.717, 1.165) is 24.5 Å². The van der Waals surface area contributed by atoms with E-state index >= 15 is 0 Å². The molecule has 2 aromatic rings. The Labute approximate surface area is 101 Å². The number of hydrogen-bond donors (Lipinski definition) is 1. The molecule has 1 N–H and O–H groups in total. The molecular weight excluding hydrogens is 210 g/mol. The minimum absolute atomic E-state index is 0.888. The van der Waals surface area contributed by atoms with Crippen molar-refractivity contribution in [3.63, 3.8) is 0 Å². The van der Waals surface area contributed by atoms with E-state index in [9.17, 15) is 0 Å². The summed E-state index contributed by atoms with van der Waals surface area (Å²) in [5.41, 5.74) is 3.86. The van der Waals surface area contributed by atoms with E-state index in [-0.39, 0.29) is 0 Å². The van der Waals surface area contributed by atoms with Gasteiger partial charge in [0.2, 0.25) is 0 Å². The number of rotatable bonds is 2. The Hall–Kier alpha value is -2.03. The van der Waals surface area contributed by atoms with E-state index in [1.165, 1.54) is 11.3 Å². The maximum absolute atomic E-state index is 4.26. The van der Waals surface area contributed by atoms with Gasteiger partial charge in [-0.3, -0.25) is 0 Å². The topological polar surface area (TPSA) is 28.2 Å². The number of hydrogen-bond acceptors (Lipinski definition) is 3. The van der Waals surface area contributed by atoms with Crippen LogP contribution in [0.3, 0.4) is 0 Å². The Balaban J connectivity index is 1.86. The van der Waals surface area contributed by atoms with Crippen LogP contribution in [0.2, 0.25) is 0 Å². The summed E-state index contributed by atoms with van der Waals surface area (Å²) >= 11 is 0. The van der Waals surface area contributed by atoms with Gasteiger partial charge in [-0.2, -0.15) is 0 Å². The summed E-state index contributed by atoms with van der Waals surface area (Å²) in [6.45, 7) is 1.11. The second-order valence-corrected chi connectivity index (χ2v) is 4.36. The second-order valence-electron chi connectivity index (χ2n) is 4.36. The molecular formula is C14H15N3.